The zero-order valence-corrected chi connectivity index (χ0v) is 20.5. The summed E-state index contributed by atoms with van der Waals surface area (Å²) in [7, 11) is -3.16. The van der Waals surface area contributed by atoms with E-state index in [1.54, 1.807) is 39.9 Å². The highest BCUT2D eigenvalue weighted by molar-refractivity contribution is 7.89. The molecule has 3 heterocycles. The number of pyridine rings is 1. The Morgan fingerprint density at radius 1 is 1.31 bits per heavy atom. The highest BCUT2D eigenvalue weighted by atomic mass is 32.2. The molecule has 0 radical (unpaired) electrons. The maximum Gasteiger partial charge on any atom is 0.275 e. The number of hydrogen-bond donors (Lipinski definition) is 1. The molecule has 2 aromatic rings. The number of hydrogen-bond acceptors (Lipinski definition) is 8. The summed E-state index contributed by atoms with van der Waals surface area (Å²) in [5.41, 5.74) is 1.80. The summed E-state index contributed by atoms with van der Waals surface area (Å²) in [6.07, 6.45) is 3.08. The SMILES string of the molecule is CCN(N=C(C)C)c1ncccc1NC(=O)c1csc(C2CCN(S(=O)(=O)CC)CC2)n1. The first-order chi connectivity index (χ1) is 15.2. The highest BCUT2D eigenvalue weighted by Crippen LogP contribution is 2.32. The van der Waals surface area contributed by atoms with Crippen LogP contribution in [0, 0.1) is 0 Å². The van der Waals surface area contributed by atoms with Gasteiger partial charge in [-0.1, -0.05) is 0 Å². The predicted molar refractivity (Wildman–Crippen MR) is 129 cm³/mol. The number of sulfonamides is 1. The summed E-state index contributed by atoms with van der Waals surface area (Å²) in [6, 6.07) is 3.56. The Balaban J connectivity index is 1.70. The van der Waals surface area contributed by atoms with Gasteiger partial charge in [-0.2, -0.15) is 5.10 Å². The molecular weight excluding hydrogens is 448 g/mol. The molecule has 11 heteroatoms. The highest BCUT2D eigenvalue weighted by Gasteiger charge is 2.29. The van der Waals surface area contributed by atoms with Crippen LogP contribution in [-0.4, -0.2) is 59.7 Å². The second-order valence-electron chi connectivity index (χ2n) is 7.74. The fourth-order valence-corrected chi connectivity index (χ4v) is 5.64. The van der Waals surface area contributed by atoms with Gasteiger partial charge in [-0.25, -0.2) is 27.7 Å². The van der Waals surface area contributed by atoms with Gasteiger partial charge in [0.2, 0.25) is 10.0 Å². The summed E-state index contributed by atoms with van der Waals surface area (Å²) < 4.78 is 25.7. The lowest BCUT2D eigenvalue weighted by molar-refractivity contribution is 0.102. The summed E-state index contributed by atoms with van der Waals surface area (Å²) in [5, 5.41) is 11.8. The van der Waals surface area contributed by atoms with Crippen LogP contribution in [0.3, 0.4) is 0 Å². The Hall–Kier alpha value is -2.37. The molecule has 0 bridgehead atoms. The van der Waals surface area contributed by atoms with Crippen molar-refractivity contribution in [2.75, 3.05) is 35.7 Å². The number of amides is 1. The van der Waals surface area contributed by atoms with Crippen LogP contribution in [0.1, 0.15) is 62.0 Å². The number of thiazole rings is 1. The molecule has 0 aromatic carbocycles. The fourth-order valence-electron chi connectivity index (χ4n) is 3.54. The largest absolute Gasteiger partial charge is 0.317 e. The van der Waals surface area contributed by atoms with Crippen LogP contribution in [-0.2, 0) is 10.0 Å². The van der Waals surface area contributed by atoms with Gasteiger partial charge in [0.1, 0.15) is 5.69 Å². The molecule has 1 N–H and O–H groups in total. The minimum absolute atomic E-state index is 0.119. The molecule has 0 aliphatic carbocycles. The van der Waals surface area contributed by atoms with Gasteiger partial charge >= 0.3 is 0 Å². The summed E-state index contributed by atoms with van der Waals surface area (Å²) in [5.74, 6) is 0.551. The first-order valence-corrected chi connectivity index (χ1v) is 13.2. The van der Waals surface area contributed by atoms with Gasteiger partial charge in [-0.3, -0.25) is 4.79 Å². The lowest BCUT2D eigenvalue weighted by atomic mass is 9.99. The van der Waals surface area contributed by atoms with E-state index in [-0.39, 0.29) is 17.6 Å². The Kier molecular flexibility index (Phi) is 7.96. The van der Waals surface area contributed by atoms with Gasteiger partial charge in [-0.15, -0.1) is 11.3 Å². The molecule has 0 atom stereocenters. The third kappa shape index (κ3) is 5.70. The Morgan fingerprint density at radius 3 is 2.66 bits per heavy atom. The molecule has 1 fully saturated rings. The lowest BCUT2D eigenvalue weighted by Crippen LogP contribution is -2.38. The minimum atomic E-state index is -3.16. The van der Waals surface area contributed by atoms with Crippen molar-refractivity contribution in [3.63, 3.8) is 0 Å². The molecule has 1 amide bonds. The van der Waals surface area contributed by atoms with Crippen LogP contribution < -0.4 is 10.3 Å². The number of carbonyl (C=O) groups excluding carboxylic acids is 1. The standard InChI is InChI=1S/C21H30N6O3S2/c1-5-27(25-15(3)4)19-17(8-7-11-22-19)23-20(28)18-14-31-21(24-18)16-9-12-26(13-10-16)32(29,30)6-2/h7-8,11,14,16H,5-6,9-10,12-13H2,1-4H3,(H,23,28). The molecule has 0 unspecified atom stereocenters. The van der Waals surface area contributed by atoms with Crippen LogP contribution in [0.25, 0.3) is 0 Å². The first kappa shape index (κ1) is 24.3. The first-order valence-electron chi connectivity index (χ1n) is 10.7. The zero-order chi connectivity index (χ0) is 23.3. The van der Waals surface area contributed by atoms with E-state index >= 15 is 0 Å². The van der Waals surface area contributed by atoms with E-state index in [4.69, 9.17) is 0 Å². The molecule has 2 aromatic heterocycles. The molecule has 174 valence electrons. The van der Waals surface area contributed by atoms with E-state index in [2.05, 4.69) is 20.4 Å². The summed E-state index contributed by atoms with van der Waals surface area (Å²) in [6.45, 7) is 9.03. The molecule has 3 rings (SSSR count). The Labute approximate surface area is 193 Å². The number of hydrazone groups is 1. The second-order valence-corrected chi connectivity index (χ2v) is 10.9. The van der Waals surface area contributed by atoms with Gasteiger partial charge in [-0.05, 0) is 52.7 Å². The number of rotatable bonds is 8. The van der Waals surface area contributed by atoms with Crippen molar-refractivity contribution in [2.45, 2.75) is 46.5 Å². The smallest absolute Gasteiger partial charge is 0.275 e. The van der Waals surface area contributed by atoms with Crippen molar-refractivity contribution in [3.8, 4) is 0 Å². The van der Waals surface area contributed by atoms with Crippen molar-refractivity contribution in [3.05, 3.63) is 34.4 Å². The average molecular weight is 479 g/mol. The van der Waals surface area contributed by atoms with E-state index in [1.165, 1.54) is 11.3 Å². The van der Waals surface area contributed by atoms with E-state index in [0.29, 0.717) is 49.7 Å². The van der Waals surface area contributed by atoms with Gasteiger partial charge in [0.15, 0.2) is 5.82 Å². The maximum absolute atomic E-state index is 12.9. The molecule has 1 aliphatic rings. The number of piperidine rings is 1. The topological polar surface area (TPSA) is 108 Å². The zero-order valence-electron chi connectivity index (χ0n) is 18.9. The van der Waals surface area contributed by atoms with Gasteiger partial charge in [0.05, 0.1) is 16.4 Å². The van der Waals surface area contributed by atoms with Crippen molar-refractivity contribution >= 4 is 44.5 Å². The number of carbonyl (C=O) groups is 1. The van der Waals surface area contributed by atoms with Crippen LogP contribution in [0.15, 0.2) is 28.8 Å². The Morgan fingerprint density at radius 2 is 2.03 bits per heavy atom. The summed E-state index contributed by atoms with van der Waals surface area (Å²) in [4.78, 5) is 21.8. The molecule has 1 saturated heterocycles. The number of nitrogens with zero attached hydrogens (tertiary/aromatic N) is 5. The molecule has 0 saturated carbocycles. The maximum atomic E-state index is 12.9. The molecular formula is C21H30N6O3S2. The van der Waals surface area contributed by atoms with Crippen molar-refractivity contribution < 1.29 is 13.2 Å². The van der Waals surface area contributed by atoms with E-state index < -0.39 is 10.0 Å². The second kappa shape index (κ2) is 10.5. The van der Waals surface area contributed by atoms with Crippen molar-refractivity contribution in [1.82, 2.24) is 14.3 Å². The predicted octanol–water partition coefficient (Wildman–Crippen LogP) is 3.54. The molecule has 9 nitrogen and oxygen atoms in total. The number of anilines is 2. The van der Waals surface area contributed by atoms with E-state index in [1.807, 2.05) is 20.8 Å². The minimum Gasteiger partial charge on any atom is -0.317 e. The van der Waals surface area contributed by atoms with Crippen molar-refractivity contribution in [1.29, 1.82) is 0 Å². The van der Waals surface area contributed by atoms with Crippen LogP contribution in [0.4, 0.5) is 11.5 Å². The third-order valence-corrected chi connectivity index (χ3v) is 8.10. The van der Waals surface area contributed by atoms with Crippen molar-refractivity contribution in [2.24, 2.45) is 5.10 Å². The van der Waals surface area contributed by atoms with E-state index in [0.717, 1.165) is 10.7 Å². The molecule has 0 spiro atoms. The number of nitrogens with one attached hydrogen (secondary N) is 1. The van der Waals surface area contributed by atoms with Gasteiger partial charge in [0, 0.05) is 42.8 Å². The quantitative estimate of drug-likeness (QED) is 0.459. The Bertz CT molecular complexity index is 1070. The fraction of sp³-hybridized carbons (Fsp3) is 0.524. The van der Waals surface area contributed by atoms with Crippen LogP contribution in [0.2, 0.25) is 0 Å². The van der Waals surface area contributed by atoms with Gasteiger partial charge in [0.25, 0.3) is 5.91 Å². The average Bonchev–Trinajstić information content (AvgIpc) is 3.28. The van der Waals surface area contributed by atoms with Gasteiger partial charge < -0.3 is 5.32 Å². The van der Waals surface area contributed by atoms with Crippen LogP contribution >= 0.6 is 11.3 Å². The van der Waals surface area contributed by atoms with E-state index in [9.17, 15) is 13.2 Å². The number of aromatic nitrogens is 2. The lowest BCUT2D eigenvalue weighted by Gasteiger charge is -2.29. The monoisotopic (exact) mass is 478 g/mol. The third-order valence-electron chi connectivity index (χ3n) is 5.22. The molecule has 1 aliphatic heterocycles. The normalized spacial score (nSPS) is 15.4. The van der Waals surface area contributed by atoms with Crippen LogP contribution in [0.5, 0.6) is 0 Å². The molecule has 32 heavy (non-hydrogen) atoms. The summed E-state index contributed by atoms with van der Waals surface area (Å²) >= 11 is 1.45.